The first-order chi connectivity index (χ1) is 11.6. The minimum absolute atomic E-state index is 0.711. The van der Waals surface area contributed by atoms with E-state index in [1.54, 1.807) is 24.3 Å². The van der Waals surface area contributed by atoms with Crippen molar-refractivity contribution in [1.29, 1.82) is 0 Å². The first kappa shape index (κ1) is 16.8. The summed E-state index contributed by atoms with van der Waals surface area (Å²) in [6.07, 6.45) is 0. The number of hydrogen-bond acceptors (Lipinski definition) is 2. The summed E-state index contributed by atoms with van der Waals surface area (Å²) in [5.74, 6) is 0. The summed E-state index contributed by atoms with van der Waals surface area (Å²) in [5.41, 5.74) is 2.10. The lowest BCUT2D eigenvalue weighted by molar-refractivity contribution is 0.680. The molecule has 0 bridgehead atoms. The Kier molecular flexibility index (Phi) is 5.07. The van der Waals surface area contributed by atoms with Crippen LogP contribution >= 0.6 is 0 Å². The highest BCUT2D eigenvalue weighted by atomic mass is 32.2. The quantitative estimate of drug-likeness (QED) is 0.684. The Morgan fingerprint density at radius 3 is 1.79 bits per heavy atom. The maximum atomic E-state index is 12.8. The van der Waals surface area contributed by atoms with Gasteiger partial charge < -0.3 is 0 Å². The van der Waals surface area contributed by atoms with Crippen molar-refractivity contribution in [1.82, 2.24) is 0 Å². The smallest absolute Gasteiger partial charge is 0.0852 e. The van der Waals surface area contributed by atoms with Crippen molar-refractivity contribution in [2.75, 3.05) is 0 Å². The average molecular weight is 354 g/mol. The molecule has 2 nitrogen and oxygen atoms in total. The maximum Gasteiger partial charge on any atom is 0.0852 e. The van der Waals surface area contributed by atoms with E-state index >= 15 is 0 Å². The molecular formula is C20H18O2S2. The van der Waals surface area contributed by atoms with Gasteiger partial charge in [-0.3, -0.25) is 0 Å². The molecule has 24 heavy (non-hydrogen) atoms. The van der Waals surface area contributed by atoms with Crippen LogP contribution in [0.1, 0.15) is 11.1 Å². The van der Waals surface area contributed by atoms with Gasteiger partial charge in [0.25, 0.3) is 0 Å². The molecule has 0 aromatic heterocycles. The van der Waals surface area contributed by atoms with Gasteiger partial charge in [-0.1, -0.05) is 30.3 Å². The minimum atomic E-state index is -1.23. The lowest BCUT2D eigenvalue weighted by atomic mass is 10.2. The highest BCUT2D eigenvalue weighted by molar-refractivity contribution is 7.85. The predicted octanol–water partition coefficient (Wildman–Crippen LogP) is 4.64. The van der Waals surface area contributed by atoms with E-state index in [1.165, 1.54) is 0 Å². The van der Waals surface area contributed by atoms with Crippen molar-refractivity contribution in [2.24, 2.45) is 0 Å². The van der Waals surface area contributed by atoms with Gasteiger partial charge >= 0.3 is 0 Å². The van der Waals surface area contributed by atoms with Crippen molar-refractivity contribution in [3.05, 3.63) is 83.9 Å². The summed E-state index contributed by atoms with van der Waals surface area (Å²) in [6.45, 7) is 3.96. The van der Waals surface area contributed by atoms with Crippen LogP contribution in [-0.2, 0) is 21.6 Å². The average Bonchev–Trinajstić information content (AvgIpc) is 2.63. The Morgan fingerprint density at radius 2 is 1.17 bits per heavy atom. The van der Waals surface area contributed by atoms with Gasteiger partial charge in [-0.25, -0.2) is 8.42 Å². The van der Waals surface area contributed by atoms with E-state index in [4.69, 9.17) is 0 Å². The van der Waals surface area contributed by atoms with Gasteiger partial charge in [0.05, 0.1) is 21.6 Å². The largest absolute Gasteiger partial charge is 0.249 e. The van der Waals surface area contributed by atoms with Gasteiger partial charge in [0.2, 0.25) is 0 Å². The minimum Gasteiger partial charge on any atom is -0.249 e. The van der Waals surface area contributed by atoms with E-state index in [-0.39, 0.29) is 0 Å². The van der Waals surface area contributed by atoms with Gasteiger partial charge in [-0.05, 0) is 67.4 Å². The number of hydrogen-bond donors (Lipinski definition) is 0. The van der Waals surface area contributed by atoms with Crippen LogP contribution in [0.2, 0.25) is 0 Å². The van der Waals surface area contributed by atoms with Gasteiger partial charge in [0, 0.05) is 19.6 Å². The van der Waals surface area contributed by atoms with E-state index in [9.17, 15) is 8.42 Å². The molecule has 0 heterocycles. The molecule has 2 atom stereocenters. The first-order valence-corrected chi connectivity index (χ1v) is 9.92. The topological polar surface area (TPSA) is 34.1 Å². The van der Waals surface area contributed by atoms with E-state index in [0.29, 0.717) is 4.90 Å². The maximum absolute atomic E-state index is 12.8. The molecule has 0 amide bonds. The third-order valence-electron chi connectivity index (χ3n) is 3.75. The fourth-order valence-electron chi connectivity index (χ4n) is 2.40. The molecule has 0 aliphatic carbocycles. The molecule has 0 radical (unpaired) electrons. The van der Waals surface area contributed by atoms with Crippen molar-refractivity contribution in [2.45, 2.75) is 33.4 Å². The number of rotatable bonds is 4. The molecule has 3 aromatic carbocycles. The lowest BCUT2D eigenvalue weighted by Gasteiger charge is -2.08. The highest BCUT2D eigenvalue weighted by Crippen LogP contribution is 2.23. The highest BCUT2D eigenvalue weighted by Gasteiger charge is 2.12. The van der Waals surface area contributed by atoms with Crippen LogP contribution in [0.3, 0.4) is 0 Å². The zero-order valence-electron chi connectivity index (χ0n) is 13.6. The van der Waals surface area contributed by atoms with Crippen LogP contribution in [-0.4, -0.2) is 8.42 Å². The Bertz CT molecular complexity index is 901. The standard InChI is InChI=1S/C20H18O2S2/c1-15-8-9-16(2)20(14-15)24(22)19-12-10-18(11-13-19)23(21)17-6-4-3-5-7-17/h3-14H,1-2H3. The fourth-order valence-corrected chi connectivity index (χ4v) is 4.75. The summed E-state index contributed by atoms with van der Waals surface area (Å²) >= 11 is 0. The molecule has 4 heteroatoms. The van der Waals surface area contributed by atoms with Crippen LogP contribution in [0.5, 0.6) is 0 Å². The second kappa shape index (κ2) is 7.24. The zero-order valence-corrected chi connectivity index (χ0v) is 15.2. The first-order valence-electron chi connectivity index (χ1n) is 7.62. The SMILES string of the molecule is Cc1ccc(C)c(S(=O)c2ccc(S(=O)c3ccccc3)cc2)c1. The predicted molar refractivity (Wildman–Crippen MR) is 98.1 cm³/mol. The second-order valence-electron chi connectivity index (χ2n) is 5.59. The zero-order chi connectivity index (χ0) is 17.1. The van der Waals surface area contributed by atoms with Crippen molar-refractivity contribution >= 4 is 21.6 Å². The molecule has 3 aromatic rings. The molecule has 0 aliphatic rings. The van der Waals surface area contributed by atoms with E-state index in [1.807, 2.05) is 62.4 Å². The summed E-state index contributed by atoms with van der Waals surface area (Å²) in [4.78, 5) is 3.02. The third kappa shape index (κ3) is 3.55. The summed E-state index contributed by atoms with van der Waals surface area (Å²) in [6, 6.07) is 22.5. The summed E-state index contributed by atoms with van der Waals surface area (Å²) < 4.78 is 25.3. The van der Waals surface area contributed by atoms with Gasteiger partial charge in [-0.2, -0.15) is 0 Å². The monoisotopic (exact) mass is 354 g/mol. The van der Waals surface area contributed by atoms with Crippen LogP contribution in [0.25, 0.3) is 0 Å². The molecule has 0 fully saturated rings. The van der Waals surface area contributed by atoms with Crippen LogP contribution < -0.4 is 0 Å². The van der Waals surface area contributed by atoms with Crippen LogP contribution in [0.15, 0.2) is 92.4 Å². The third-order valence-corrected chi connectivity index (χ3v) is 6.69. The molecule has 0 N–H and O–H groups in total. The molecule has 0 saturated carbocycles. The van der Waals surface area contributed by atoms with Crippen molar-refractivity contribution in [3.63, 3.8) is 0 Å². The number of benzene rings is 3. The van der Waals surface area contributed by atoms with Gasteiger partial charge in [0.1, 0.15) is 0 Å². The Hall–Kier alpha value is -2.04. The van der Waals surface area contributed by atoms with Crippen molar-refractivity contribution in [3.8, 4) is 0 Å². The Balaban J connectivity index is 1.88. The Morgan fingerprint density at radius 1 is 0.625 bits per heavy atom. The van der Waals surface area contributed by atoms with E-state index in [2.05, 4.69) is 0 Å². The summed E-state index contributed by atoms with van der Waals surface area (Å²) in [7, 11) is -2.45. The normalized spacial score (nSPS) is 13.4. The second-order valence-corrected chi connectivity index (χ2v) is 8.52. The summed E-state index contributed by atoms with van der Waals surface area (Å²) in [5, 5.41) is 0. The lowest BCUT2D eigenvalue weighted by Crippen LogP contribution is -1.98. The molecule has 0 saturated heterocycles. The molecule has 122 valence electrons. The van der Waals surface area contributed by atoms with Gasteiger partial charge in [0.15, 0.2) is 0 Å². The molecule has 0 aliphatic heterocycles. The van der Waals surface area contributed by atoms with Crippen LogP contribution in [0, 0.1) is 13.8 Å². The Labute approximate surface area is 147 Å². The van der Waals surface area contributed by atoms with E-state index < -0.39 is 21.6 Å². The van der Waals surface area contributed by atoms with E-state index in [0.717, 1.165) is 25.8 Å². The number of aryl methyl sites for hydroxylation is 2. The molecule has 3 rings (SSSR count). The van der Waals surface area contributed by atoms with Crippen molar-refractivity contribution < 1.29 is 8.42 Å². The fraction of sp³-hybridized carbons (Fsp3) is 0.100. The molecule has 2 unspecified atom stereocenters. The molecular weight excluding hydrogens is 336 g/mol. The van der Waals surface area contributed by atoms with Crippen LogP contribution in [0.4, 0.5) is 0 Å². The van der Waals surface area contributed by atoms with Gasteiger partial charge in [-0.15, -0.1) is 0 Å². The molecule has 0 spiro atoms.